The van der Waals surface area contributed by atoms with Gasteiger partial charge in [-0.25, -0.2) is 4.98 Å². The molecule has 1 amide bonds. The Morgan fingerprint density at radius 2 is 2.07 bits per heavy atom. The van der Waals surface area contributed by atoms with Crippen LogP contribution in [-0.4, -0.2) is 63.2 Å². The average molecular weight is 370 g/mol. The van der Waals surface area contributed by atoms with Crippen LogP contribution in [0.3, 0.4) is 0 Å². The van der Waals surface area contributed by atoms with Crippen LogP contribution in [-0.2, 0) is 17.9 Å². The molecular weight excluding hydrogens is 340 g/mol. The molecule has 1 N–H and O–H groups in total. The van der Waals surface area contributed by atoms with Crippen LogP contribution in [0.4, 0.5) is 0 Å². The number of carbonyl (C=O) groups excluding carboxylic acids is 1. The van der Waals surface area contributed by atoms with E-state index in [-0.39, 0.29) is 17.9 Å². The maximum atomic E-state index is 12.2. The molecule has 2 saturated heterocycles. The van der Waals surface area contributed by atoms with Crippen molar-refractivity contribution in [2.24, 2.45) is 5.41 Å². The summed E-state index contributed by atoms with van der Waals surface area (Å²) in [5.41, 5.74) is 2.45. The summed E-state index contributed by atoms with van der Waals surface area (Å²) in [6, 6.07) is 8.35. The third-order valence-corrected chi connectivity index (χ3v) is 6.27. The van der Waals surface area contributed by atoms with Crippen molar-refractivity contribution in [3.8, 4) is 0 Å². The number of rotatable bonds is 5. The number of aliphatic hydroxyl groups excluding tert-OH is 1. The number of nitrogens with zero attached hydrogens (tertiary/aromatic N) is 4. The number of likely N-dealkylation sites (tertiary alicyclic amines) is 2. The van der Waals surface area contributed by atoms with E-state index in [1.54, 1.807) is 0 Å². The van der Waals surface area contributed by atoms with Crippen LogP contribution < -0.4 is 0 Å². The molecule has 1 spiro atoms. The molecule has 2 aliphatic heterocycles. The van der Waals surface area contributed by atoms with E-state index in [1.807, 2.05) is 11.0 Å². The number of hydrogen-bond acceptors (Lipinski definition) is 4. The summed E-state index contributed by atoms with van der Waals surface area (Å²) < 4.78 is 2.32. The van der Waals surface area contributed by atoms with Gasteiger partial charge in [-0.1, -0.05) is 12.1 Å². The van der Waals surface area contributed by atoms with E-state index in [2.05, 4.69) is 34.6 Å². The van der Waals surface area contributed by atoms with Gasteiger partial charge in [-0.15, -0.1) is 0 Å². The molecule has 0 aliphatic carbocycles. The fraction of sp³-hybridized carbons (Fsp3) is 0.619. The van der Waals surface area contributed by atoms with Gasteiger partial charge in [0.05, 0.1) is 24.2 Å². The lowest BCUT2D eigenvalue weighted by molar-refractivity contribution is -0.140. The molecule has 0 saturated carbocycles. The van der Waals surface area contributed by atoms with Gasteiger partial charge in [0.1, 0.15) is 5.82 Å². The Labute approximate surface area is 160 Å². The maximum Gasteiger partial charge on any atom is 0.222 e. The molecule has 2 fully saturated rings. The Bertz CT molecular complexity index is 818. The minimum atomic E-state index is 0.0477. The Morgan fingerprint density at radius 1 is 1.22 bits per heavy atom. The van der Waals surface area contributed by atoms with Gasteiger partial charge in [-0.3, -0.25) is 9.69 Å². The third-order valence-electron chi connectivity index (χ3n) is 6.27. The second-order valence-corrected chi connectivity index (χ2v) is 8.11. The summed E-state index contributed by atoms with van der Waals surface area (Å²) in [5.74, 6) is 1.33. The average Bonchev–Trinajstić information content (AvgIpc) is 3.02. The van der Waals surface area contributed by atoms with E-state index in [0.717, 1.165) is 56.9 Å². The summed E-state index contributed by atoms with van der Waals surface area (Å²) in [4.78, 5) is 21.4. The molecule has 0 unspecified atom stereocenters. The lowest BCUT2D eigenvalue weighted by Crippen LogP contribution is -2.54. The molecular formula is C21H30N4O2. The highest BCUT2D eigenvalue weighted by molar-refractivity contribution is 5.77. The maximum absolute atomic E-state index is 12.2. The first-order valence-corrected chi connectivity index (χ1v) is 10.2. The first-order chi connectivity index (χ1) is 13.1. The lowest BCUT2D eigenvalue weighted by atomic mass is 9.73. The van der Waals surface area contributed by atoms with E-state index >= 15 is 0 Å². The topological polar surface area (TPSA) is 61.6 Å². The number of benzene rings is 1. The Balaban J connectivity index is 1.51. The van der Waals surface area contributed by atoms with Gasteiger partial charge in [-0.05, 0) is 44.9 Å². The second-order valence-electron chi connectivity index (χ2n) is 8.11. The van der Waals surface area contributed by atoms with E-state index < -0.39 is 0 Å². The molecule has 3 heterocycles. The zero-order valence-corrected chi connectivity index (χ0v) is 16.2. The van der Waals surface area contributed by atoms with Crippen molar-refractivity contribution in [2.75, 3.05) is 32.8 Å². The quantitative estimate of drug-likeness (QED) is 0.877. The smallest absolute Gasteiger partial charge is 0.222 e. The molecule has 0 bridgehead atoms. The molecule has 1 atom stereocenters. The first-order valence-electron chi connectivity index (χ1n) is 10.2. The highest BCUT2D eigenvalue weighted by atomic mass is 16.3. The molecule has 6 nitrogen and oxygen atoms in total. The molecule has 2 aromatic rings. The van der Waals surface area contributed by atoms with Crippen molar-refractivity contribution in [2.45, 2.75) is 45.7 Å². The van der Waals surface area contributed by atoms with Crippen molar-refractivity contribution < 1.29 is 9.90 Å². The van der Waals surface area contributed by atoms with Crippen molar-refractivity contribution >= 4 is 16.9 Å². The largest absolute Gasteiger partial charge is 0.395 e. The van der Waals surface area contributed by atoms with Crippen LogP contribution in [0, 0.1) is 5.41 Å². The van der Waals surface area contributed by atoms with Crippen LogP contribution >= 0.6 is 0 Å². The van der Waals surface area contributed by atoms with E-state index in [4.69, 9.17) is 4.98 Å². The number of fused-ring (bicyclic) bond motifs is 1. The number of β-amino-alcohol motifs (C(OH)–C–C–N with tert-alkyl or cyclic N) is 1. The van der Waals surface area contributed by atoms with Crippen LogP contribution in [0.5, 0.6) is 0 Å². The molecule has 4 rings (SSSR count). The Kier molecular flexibility index (Phi) is 5.19. The van der Waals surface area contributed by atoms with Crippen LogP contribution in [0.1, 0.15) is 38.4 Å². The number of para-hydroxylation sites is 2. The van der Waals surface area contributed by atoms with Gasteiger partial charge in [0.15, 0.2) is 0 Å². The molecule has 1 aromatic carbocycles. The number of hydrogen-bond donors (Lipinski definition) is 1. The van der Waals surface area contributed by atoms with Crippen molar-refractivity contribution in [1.29, 1.82) is 0 Å². The molecule has 27 heavy (non-hydrogen) atoms. The number of carbonyl (C=O) groups is 1. The van der Waals surface area contributed by atoms with Gasteiger partial charge in [-0.2, -0.15) is 0 Å². The third kappa shape index (κ3) is 3.60. The zero-order chi connectivity index (χ0) is 18.9. The summed E-state index contributed by atoms with van der Waals surface area (Å²) in [7, 11) is 0. The monoisotopic (exact) mass is 370 g/mol. The summed E-state index contributed by atoms with van der Waals surface area (Å²) in [5, 5.41) is 9.28. The number of aromatic nitrogens is 2. The lowest BCUT2D eigenvalue weighted by Gasteiger charge is -2.48. The SMILES string of the molecule is CCn1c(CN2CCC[C@@]3(CCC(=O)N(CCO)C3)C2)nc2ccccc21. The molecule has 0 radical (unpaired) electrons. The highest BCUT2D eigenvalue weighted by Gasteiger charge is 2.41. The van der Waals surface area contributed by atoms with Gasteiger partial charge < -0.3 is 14.6 Å². The standard InChI is InChI=1S/C21H30N4O2/c1-2-25-18-7-4-3-6-17(18)22-19(25)14-23-11-5-9-21(15-23)10-8-20(27)24(16-21)12-13-26/h3-4,6-7,26H,2,5,8-16H2,1H3/t21-/m1/s1. The van der Waals surface area contributed by atoms with Crippen molar-refractivity contribution in [1.82, 2.24) is 19.4 Å². The van der Waals surface area contributed by atoms with Crippen molar-refractivity contribution in [3.05, 3.63) is 30.1 Å². The van der Waals surface area contributed by atoms with Gasteiger partial charge >= 0.3 is 0 Å². The van der Waals surface area contributed by atoms with Gasteiger partial charge in [0, 0.05) is 38.0 Å². The van der Waals surface area contributed by atoms with Crippen molar-refractivity contribution in [3.63, 3.8) is 0 Å². The predicted octanol–water partition coefficient (Wildman–Crippen LogP) is 2.25. The molecule has 2 aliphatic rings. The normalized spacial score (nSPS) is 24.2. The summed E-state index contributed by atoms with van der Waals surface area (Å²) >= 11 is 0. The predicted molar refractivity (Wildman–Crippen MR) is 105 cm³/mol. The van der Waals surface area contributed by atoms with Gasteiger partial charge in [0.2, 0.25) is 5.91 Å². The fourth-order valence-electron chi connectivity index (χ4n) is 5.00. The van der Waals surface area contributed by atoms with Gasteiger partial charge in [0.25, 0.3) is 0 Å². The minimum Gasteiger partial charge on any atom is -0.395 e. The molecule has 1 aromatic heterocycles. The second kappa shape index (κ2) is 7.60. The highest BCUT2D eigenvalue weighted by Crippen LogP contribution is 2.39. The summed E-state index contributed by atoms with van der Waals surface area (Å²) in [6.07, 6.45) is 3.91. The van der Waals surface area contributed by atoms with E-state index in [0.29, 0.717) is 13.0 Å². The number of amides is 1. The fourth-order valence-corrected chi connectivity index (χ4v) is 5.00. The molecule has 146 valence electrons. The Hall–Kier alpha value is -1.92. The number of aliphatic hydroxyl groups is 1. The summed E-state index contributed by atoms with van der Waals surface area (Å²) in [6.45, 7) is 7.35. The number of aryl methyl sites for hydroxylation is 1. The van der Waals surface area contributed by atoms with Crippen LogP contribution in [0.25, 0.3) is 11.0 Å². The zero-order valence-electron chi connectivity index (χ0n) is 16.2. The minimum absolute atomic E-state index is 0.0477. The van der Waals surface area contributed by atoms with Crippen LogP contribution in [0.2, 0.25) is 0 Å². The first kappa shape index (κ1) is 18.4. The van der Waals surface area contributed by atoms with E-state index in [9.17, 15) is 9.90 Å². The number of piperidine rings is 2. The Morgan fingerprint density at radius 3 is 2.89 bits per heavy atom. The van der Waals surface area contributed by atoms with E-state index in [1.165, 1.54) is 11.9 Å². The molecule has 6 heteroatoms. The number of imidazole rings is 1. The van der Waals surface area contributed by atoms with Crippen LogP contribution in [0.15, 0.2) is 24.3 Å².